The van der Waals surface area contributed by atoms with Gasteiger partial charge in [0.15, 0.2) is 6.10 Å². The Labute approximate surface area is 258 Å². The molecule has 8 nitrogen and oxygen atoms in total. The minimum Gasteiger partial charge on any atom is -0.459 e. The Hall–Kier alpha value is -4.23. The van der Waals surface area contributed by atoms with Gasteiger partial charge in [0.25, 0.3) is 0 Å². The van der Waals surface area contributed by atoms with Crippen molar-refractivity contribution in [3.05, 3.63) is 144 Å². The topological polar surface area (TPSA) is 100 Å². The smallest absolute Gasteiger partial charge is 0.408 e. The summed E-state index contributed by atoms with van der Waals surface area (Å²) in [5.74, 6) is -2.29. The van der Waals surface area contributed by atoms with E-state index in [-0.39, 0.29) is 26.2 Å². The van der Waals surface area contributed by atoms with Crippen molar-refractivity contribution in [1.29, 1.82) is 0 Å². The summed E-state index contributed by atoms with van der Waals surface area (Å²) >= 11 is 0. The first-order valence-corrected chi connectivity index (χ1v) is 16.1. The Balaban J connectivity index is 1.60. The van der Waals surface area contributed by atoms with Gasteiger partial charge in [-0.25, -0.2) is 9.59 Å². The van der Waals surface area contributed by atoms with Crippen molar-refractivity contribution < 1.29 is 32.7 Å². The van der Waals surface area contributed by atoms with Crippen LogP contribution in [-0.2, 0) is 54.1 Å². The number of benzene rings is 4. The largest absolute Gasteiger partial charge is 0.459 e. The molecular formula is C35H38NO7P. The maximum atomic E-state index is 14.9. The Morgan fingerprint density at radius 3 is 1.55 bits per heavy atom. The third kappa shape index (κ3) is 10.2. The molecule has 0 bridgehead atoms. The summed E-state index contributed by atoms with van der Waals surface area (Å²) in [7, 11) is -4.28. The van der Waals surface area contributed by atoms with Gasteiger partial charge in [0.1, 0.15) is 19.0 Å². The van der Waals surface area contributed by atoms with Crippen LogP contribution in [0.25, 0.3) is 0 Å². The maximum Gasteiger partial charge on any atom is 0.408 e. The van der Waals surface area contributed by atoms with E-state index in [1.165, 1.54) is 0 Å². The van der Waals surface area contributed by atoms with Crippen molar-refractivity contribution in [2.45, 2.75) is 52.0 Å². The molecule has 0 fully saturated rings. The van der Waals surface area contributed by atoms with Crippen molar-refractivity contribution in [3.63, 3.8) is 0 Å². The summed E-state index contributed by atoms with van der Waals surface area (Å²) in [5, 5.41) is 2.73. The molecule has 0 saturated heterocycles. The van der Waals surface area contributed by atoms with Crippen LogP contribution in [0.15, 0.2) is 121 Å². The first-order chi connectivity index (χ1) is 21.3. The molecule has 4 aromatic carbocycles. The molecule has 9 heteroatoms. The Morgan fingerprint density at radius 2 is 1.07 bits per heavy atom. The summed E-state index contributed by atoms with van der Waals surface area (Å²) in [6.07, 6.45) is -1.94. The lowest BCUT2D eigenvalue weighted by Gasteiger charge is -2.31. The number of amides is 1. The third-order valence-corrected chi connectivity index (χ3v) is 8.81. The minimum absolute atomic E-state index is 0.0151. The Morgan fingerprint density at radius 1 is 0.636 bits per heavy atom. The van der Waals surface area contributed by atoms with E-state index < -0.39 is 37.5 Å². The third-order valence-electron chi connectivity index (χ3n) is 6.73. The summed E-state index contributed by atoms with van der Waals surface area (Å²) in [6.45, 7) is 3.50. The van der Waals surface area contributed by atoms with Crippen molar-refractivity contribution in [2.24, 2.45) is 5.92 Å². The highest BCUT2D eigenvalue weighted by Crippen LogP contribution is 2.55. The van der Waals surface area contributed by atoms with Gasteiger partial charge < -0.3 is 19.3 Å². The second kappa shape index (κ2) is 16.6. The van der Waals surface area contributed by atoms with Crippen LogP contribution in [0, 0.1) is 5.92 Å². The van der Waals surface area contributed by atoms with E-state index in [9.17, 15) is 14.2 Å². The molecule has 3 atom stereocenters. The fourth-order valence-corrected chi connectivity index (χ4v) is 6.38. The van der Waals surface area contributed by atoms with E-state index in [0.29, 0.717) is 0 Å². The average molecular weight is 616 g/mol. The number of esters is 1. The number of carbonyl (C=O) groups is 2. The number of ether oxygens (including phenoxy) is 2. The van der Waals surface area contributed by atoms with Gasteiger partial charge >= 0.3 is 19.7 Å². The zero-order valence-electron chi connectivity index (χ0n) is 24.9. The molecule has 0 heterocycles. The molecule has 0 spiro atoms. The molecule has 0 saturated carbocycles. The molecular weight excluding hydrogens is 577 g/mol. The average Bonchev–Trinajstić information content (AvgIpc) is 3.06. The molecule has 0 radical (unpaired) electrons. The second-order valence-corrected chi connectivity index (χ2v) is 12.7. The van der Waals surface area contributed by atoms with Crippen LogP contribution in [0.1, 0.15) is 36.1 Å². The summed E-state index contributed by atoms with van der Waals surface area (Å²) in [6, 6.07) is 36.9. The van der Waals surface area contributed by atoms with Gasteiger partial charge in [0, 0.05) is 6.42 Å². The number of carbonyl (C=O) groups excluding carboxylic acids is 2. The minimum atomic E-state index is -4.28. The summed E-state index contributed by atoms with van der Waals surface area (Å²) in [5.41, 5.74) is 3.12. The molecule has 0 aliphatic rings. The predicted molar refractivity (Wildman–Crippen MR) is 168 cm³/mol. The van der Waals surface area contributed by atoms with Crippen molar-refractivity contribution in [2.75, 3.05) is 0 Å². The Bertz CT molecular complexity index is 1490. The Kier molecular flexibility index (Phi) is 12.3. The van der Waals surface area contributed by atoms with Gasteiger partial charge in [-0.15, -0.1) is 0 Å². The predicted octanol–water partition coefficient (Wildman–Crippen LogP) is 7.68. The molecule has 230 valence electrons. The molecule has 1 unspecified atom stereocenters. The van der Waals surface area contributed by atoms with E-state index in [4.69, 9.17) is 18.5 Å². The van der Waals surface area contributed by atoms with E-state index in [0.717, 1.165) is 22.3 Å². The summed E-state index contributed by atoms with van der Waals surface area (Å²) in [4.78, 5) is 26.4. The molecule has 0 aliphatic heterocycles. The zero-order valence-corrected chi connectivity index (χ0v) is 25.8. The lowest BCUT2D eigenvalue weighted by molar-refractivity contribution is -0.156. The first kappa shape index (κ1) is 32.7. The van der Waals surface area contributed by atoms with Crippen molar-refractivity contribution in [3.8, 4) is 0 Å². The number of hydrogen-bond donors (Lipinski definition) is 1. The second-order valence-electron chi connectivity index (χ2n) is 10.6. The van der Waals surface area contributed by atoms with Crippen LogP contribution >= 0.6 is 7.60 Å². The highest BCUT2D eigenvalue weighted by Gasteiger charge is 2.43. The van der Waals surface area contributed by atoms with Crippen molar-refractivity contribution >= 4 is 19.7 Å². The SMILES string of the molecule is CC(C)[C@H](OP(=O)(OCc1ccccc1)[C@@H](Cc1ccccc1)NC(=O)OCc1ccccc1)C(=O)OCc1ccccc1. The maximum absolute atomic E-state index is 14.9. The molecule has 4 rings (SSSR count). The van der Waals surface area contributed by atoms with Gasteiger partial charge in [-0.1, -0.05) is 135 Å². The van der Waals surface area contributed by atoms with Gasteiger partial charge in [0.05, 0.1) is 6.61 Å². The van der Waals surface area contributed by atoms with Crippen LogP contribution in [0.3, 0.4) is 0 Å². The summed E-state index contributed by atoms with van der Waals surface area (Å²) < 4.78 is 38.1. The van der Waals surface area contributed by atoms with Crippen LogP contribution in [0.2, 0.25) is 0 Å². The quantitative estimate of drug-likeness (QED) is 0.108. The van der Waals surface area contributed by atoms with E-state index in [2.05, 4.69) is 5.32 Å². The monoisotopic (exact) mass is 615 g/mol. The van der Waals surface area contributed by atoms with Gasteiger partial charge in [-0.05, 0) is 28.2 Å². The molecule has 0 aliphatic carbocycles. The van der Waals surface area contributed by atoms with Crippen molar-refractivity contribution in [1.82, 2.24) is 5.32 Å². The lowest BCUT2D eigenvalue weighted by Crippen LogP contribution is -2.40. The van der Waals surface area contributed by atoms with E-state index >= 15 is 0 Å². The van der Waals surface area contributed by atoms with E-state index in [1.807, 2.05) is 121 Å². The first-order valence-electron chi connectivity index (χ1n) is 14.5. The standard InChI is InChI=1S/C35H38NO7P/c1-27(2)33(34(37)40-24-29-17-9-4-10-18-29)43-44(39,42-26-31-21-13-6-14-22-31)32(23-28-15-7-3-8-16-28)36-35(38)41-25-30-19-11-5-12-20-30/h3-22,27,32-33H,23-26H2,1-2H3,(H,36,38)/t32-,33-,44?/m0/s1. The lowest BCUT2D eigenvalue weighted by atomic mass is 10.1. The fourth-order valence-electron chi connectivity index (χ4n) is 4.32. The fraction of sp³-hybridized carbons (Fsp3) is 0.257. The van der Waals surface area contributed by atoms with Gasteiger partial charge in [-0.2, -0.15) is 0 Å². The molecule has 1 amide bonds. The highest BCUT2D eigenvalue weighted by atomic mass is 31.2. The number of nitrogens with one attached hydrogen (secondary N) is 1. The van der Waals surface area contributed by atoms with Crippen LogP contribution in [0.4, 0.5) is 4.79 Å². The molecule has 4 aromatic rings. The van der Waals surface area contributed by atoms with Crippen LogP contribution in [0.5, 0.6) is 0 Å². The molecule has 44 heavy (non-hydrogen) atoms. The number of rotatable bonds is 15. The number of hydrogen-bond acceptors (Lipinski definition) is 7. The van der Waals surface area contributed by atoms with Gasteiger partial charge in [-0.3, -0.25) is 9.09 Å². The van der Waals surface area contributed by atoms with Crippen LogP contribution in [-0.4, -0.2) is 23.9 Å². The molecule has 1 N–H and O–H groups in total. The number of alkyl carbamates (subject to hydrolysis) is 1. The van der Waals surface area contributed by atoms with E-state index in [1.54, 1.807) is 13.8 Å². The molecule has 0 aromatic heterocycles. The zero-order chi connectivity index (χ0) is 31.2. The normalized spacial score (nSPS) is 13.8. The van der Waals surface area contributed by atoms with Crippen LogP contribution < -0.4 is 5.32 Å². The van der Waals surface area contributed by atoms with Gasteiger partial charge in [0.2, 0.25) is 0 Å². The highest BCUT2D eigenvalue weighted by molar-refractivity contribution is 7.54.